The largest absolute Gasteiger partial charge is 0.383 e. The molecule has 1 N–H and O–H groups in total. The number of benzene rings is 1. The van der Waals surface area contributed by atoms with Crippen LogP contribution in [0.5, 0.6) is 0 Å². The summed E-state index contributed by atoms with van der Waals surface area (Å²) < 4.78 is 27.0. The van der Waals surface area contributed by atoms with Crippen molar-refractivity contribution in [1.82, 2.24) is 9.88 Å². The predicted octanol–water partition coefficient (Wildman–Crippen LogP) is 2.07. The molecule has 0 saturated carbocycles. The summed E-state index contributed by atoms with van der Waals surface area (Å²) in [5.41, 5.74) is 0.572. The monoisotopic (exact) mass is 305 g/mol. The molecule has 22 heavy (non-hydrogen) atoms. The first-order valence-electron chi connectivity index (χ1n) is 6.87. The standard InChI is InChI=1S/C15H13F2N3O2/c16-9-7-10-12(3-4-19-15(10)11(17)8-9)18-5-6-20-13(21)1-2-14(20)22/h3-4,7-8H,1-2,5-6H2,(H,18,19). The Kier molecular flexibility index (Phi) is 3.70. The van der Waals surface area contributed by atoms with Crippen molar-refractivity contribution in [2.45, 2.75) is 12.8 Å². The zero-order valence-electron chi connectivity index (χ0n) is 11.6. The van der Waals surface area contributed by atoms with E-state index in [1.807, 2.05) is 0 Å². The highest BCUT2D eigenvalue weighted by Crippen LogP contribution is 2.24. The average Bonchev–Trinajstić information content (AvgIpc) is 2.79. The lowest BCUT2D eigenvalue weighted by atomic mass is 10.1. The summed E-state index contributed by atoms with van der Waals surface area (Å²) in [6.07, 6.45) is 1.90. The summed E-state index contributed by atoms with van der Waals surface area (Å²) in [5, 5.41) is 3.31. The molecular weight excluding hydrogens is 292 g/mol. The topological polar surface area (TPSA) is 62.3 Å². The van der Waals surface area contributed by atoms with Crippen LogP contribution in [0.4, 0.5) is 14.5 Å². The van der Waals surface area contributed by atoms with Gasteiger partial charge in [0.15, 0.2) is 5.82 Å². The number of amides is 2. The summed E-state index contributed by atoms with van der Waals surface area (Å²) in [7, 11) is 0. The van der Waals surface area contributed by atoms with Gasteiger partial charge in [-0.3, -0.25) is 19.5 Å². The molecule has 1 fully saturated rings. The molecule has 7 heteroatoms. The molecule has 0 unspecified atom stereocenters. The van der Waals surface area contributed by atoms with Crippen molar-refractivity contribution in [3.63, 3.8) is 0 Å². The molecule has 0 spiro atoms. The highest BCUT2D eigenvalue weighted by molar-refractivity contribution is 6.02. The molecule has 0 bridgehead atoms. The maximum absolute atomic E-state index is 13.7. The van der Waals surface area contributed by atoms with E-state index < -0.39 is 11.6 Å². The van der Waals surface area contributed by atoms with Crippen molar-refractivity contribution in [2.24, 2.45) is 0 Å². The van der Waals surface area contributed by atoms with Gasteiger partial charge >= 0.3 is 0 Å². The van der Waals surface area contributed by atoms with E-state index in [0.717, 1.165) is 6.07 Å². The average molecular weight is 305 g/mol. The van der Waals surface area contributed by atoms with Gasteiger partial charge in [0.1, 0.15) is 11.3 Å². The molecule has 5 nitrogen and oxygen atoms in total. The van der Waals surface area contributed by atoms with Crippen LogP contribution >= 0.6 is 0 Å². The zero-order chi connectivity index (χ0) is 15.7. The molecular formula is C15H13F2N3O2. The number of rotatable bonds is 4. The number of likely N-dealkylation sites (tertiary alicyclic amines) is 1. The van der Waals surface area contributed by atoms with Crippen molar-refractivity contribution < 1.29 is 18.4 Å². The first-order chi connectivity index (χ1) is 10.6. The molecule has 0 radical (unpaired) electrons. The number of imide groups is 1. The molecule has 2 amide bonds. The number of nitrogens with zero attached hydrogens (tertiary/aromatic N) is 2. The van der Waals surface area contributed by atoms with Gasteiger partial charge < -0.3 is 5.32 Å². The van der Waals surface area contributed by atoms with Gasteiger partial charge in [-0.15, -0.1) is 0 Å². The van der Waals surface area contributed by atoms with Crippen LogP contribution in [-0.2, 0) is 9.59 Å². The van der Waals surface area contributed by atoms with Crippen molar-refractivity contribution in [1.29, 1.82) is 0 Å². The Morgan fingerprint density at radius 3 is 2.64 bits per heavy atom. The first-order valence-corrected chi connectivity index (χ1v) is 6.87. The van der Waals surface area contributed by atoms with Gasteiger partial charge in [0.05, 0.1) is 0 Å². The van der Waals surface area contributed by atoms with Crippen LogP contribution in [0.15, 0.2) is 24.4 Å². The number of hydrogen-bond acceptors (Lipinski definition) is 4. The number of nitrogens with one attached hydrogen (secondary N) is 1. The third-order valence-electron chi connectivity index (χ3n) is 3.57. The first kappa shape index (κ1) is 14.4. The lowest BCUT2D eigenvalue weighted by molar-refractivity contribution is -0.138. The van der Waals surface area contributed by atoms with Gasteiger partial charge in [-0.2, -0.15) is 0 Å². The summed E-state index contributed by atoms with van der Waals surface area (Å²) in [6, 6.07) is 3.56. The van der Waals surface area contributed by atoms with E-state index in [1.54, 1.807) is 6.07 Å². The van der Waals surface area contributed by atoms with Crippen LogP contribution in [0.2, 0.25) is 0 Å². The number of carbonyl (C=O) groups is 2. The Balaban J connectivity index is 1.77. The van der Waals surface area contributed by atoms with Gasteiger partial charge in [-0.25, -0.2) is 8.78 Å². The van der Waals surface area contributed by atoms with Crippen molar-refractivity contribution in [3.8, 4) is 0 Å². The second-order valence-corrected chi connectivity index (χ2v) is 5.01. The van der Waals surface area contributed by atoms with E-state index in [1.165, 1.54) is 17.2 Å². The molecule has 3 rings (SSSR count). The Morgan fingerprint density at radius 1 is 1.18 bits per heavy atom. The van der Waals surface area contributed by atoms with Crippen LogP contribution in [0.3, 0.4) is 0 Å². The summed E-state index contributed by atoms with van der Waals surface area (Å²) >= 11 is 0. The molecule has 0 aliphatic carbocycles. The molecule has 2 aromatic rings. The fourth-order valence-electron chi connectivity index (χ4n) is 2.51. The minimum absolute atomic E-state index is 0.0692. The third-order valence-corrected chi connectivity index (χ3v) is 3.57. The lowest BCUT2D eigenvalue weighted by Crippen LogP contribution is -2.33. The summed E-state index contributed by atoms with van der Waals surface area (Å²) in [5.74, 6) is -1.80. The fraction of sp³-hybridized carbons (Fsp3) is 0.267. The van der Waals surface area contributed by atoms with E-state index >= 15 is 0 Å². The second kappa shape index (κ2) is 5.67. The number of aromatic nitrogens is 1. The van der Waals surface area contributed by atoms with Crippen LogP contribution in [-0.4, -0.2) is 34.8 Å². The molecule has 0 atom stereocenters. The van der Waals surface area contributed by atoms with E-state index in [0.29, 0.717) is 17.6 Å². The van der Waals surface area contributed by atoms with Crippen LogP contribution in [0.1, 0.15) is 12.8 Å². The Bertz CT molecular complexity index is 748. The molecule has 1 aromatic carbocycles. The summed E-state index contributed by atoms with van der Waals surface area (Å²) in [4.78, 5) is 28.1. The molecule has 1 aliphatic heterocycles. The minimum Gasteiger partial charge on any atom is -0.383 e. The van der Waals surface area contributed by atoms with Crippen LogP contribution < -0.4 is 5.32 Å². The second-order valence-electron chi connectivity index (χ2n) is 5.01. The van der Waals surface area contributed by atoms with E-state index in [4.69, 9.17) is 0 Å². The number of halogens is 2. The van der Waals surface area contributed by atoms with E-state index in [-0.39, 0.29) is 36.7 Å². The molecule has 1 saturated heterocycles. The fourth-order valence-corrected chi connectivity index (χ4v) is 2.51. The smallest absolute Gasteiger partial charge is 0.229 e. The predicted molar refractivity (Wildman–Crippen MR) is 76.1 cm³/mol. The van der Waals surface area contributed by atoms with Gasteiger partial charge in [0, 0.05) is 49.3 Å². The molecule has 2 heterocycles. The highest BCUT2D eigenvalue weighted by atomic mass is 19.1. The zero-order valence-corrected chi connectivity index (χ0v) is 11.6. The van der Waals surface area contributed by atoms with Gasteiger partial charge in [0.2, 0.25) is 11.8 Å². The Hall–Kier alpha value is -2.57. The molecule has 114 valence electrons. The Morgan fingerprint density at radius 2 is 1.91 bits per heavy atom. The number of carbonyl (C=O) groups excluding carboxylic acids is 2. The normalized spacial score (nSPS) is 14.9. The molecule has 1 aliphatic rings. The maximum atomic E-state index is 13.7. The van der Waals surface area contributed by atoms with Crippen LogP contribution in [0, 0.1) is 11.6 Å². The van der Waals surface area contributed by atoms with Crippen molar-refractivity contribution >= 4 is 28.4 Å². The van der Waals surface area contributed by atoms with Crippen molar-refractivity contribution in [3.05, 3.63) is 36.0 Å². The number of fused-ring (bicyclic) bond motifs is 1. The number of anilines is 1. The van der Waals surface area contributed by atoms with Gasteiger partial charge in [0.25, 0.3) is 0 Å². The maximum Gasteiger partial charge on any atom is 0.229 e. The summed E-state index contributed by atoms with van der Waals surface area (Å²) in [6.45, 7) is 0.522. The number of pyridine rings is 1. The lowest BCUT2D eigenvalue weighted by Gasteiger charge is -2.15. The third kappa shape index (κ3) is 2.61. The highest BCUT2D eigenvalue weighted by Gasteiger charge is 2.28. The quantitative estimate of drug-likeness (QED) is 0.879. The molecule has 1 aromatic heterocycles. The van der Waals surface area contributed by atoms with Crippen LogP contribution in [0.25, 0.3) is 10.9 Å². The van der Waals surface area contributed by atoms with Gasteiger partial charge in [-0.05, 0) is 12.1 Å². The number of hydrogen-bond donors (Lipinski definition) is 1. The van der Waals surface area contributed by atoms with Gasteiger partial charge in [-0.1, -0.05) is 0 Å². The van der Waals surface area contributed by atoms with E-state index in [9.17, 15) is 18.4 Å². The van der Waals surface area contributed by atoms with Crippen molar-refractivity contribution in [2.75, 3.05) is 18.4 Å². The SMILES string of the molecule is O=C1CCC(=O)N1CCNc1ccnc2c(F)cc(F)cc12. The van der Waals surface area contributed by atoms with E-state index in [2.05, 4.69) is 10.3 Å². The minimum atomic E-state index is -0.733. The Labute approximate surface area is 124 Å².